The Bertz CT molecular complexity index is 777. The fraction of sp³-hybridized carbons (Fsp3) is 0.400. The Morgan fingerprint density at radius 3 is 1.42 bits per heavy atom. The van der Waals surface area contributed by atoms with E-state index in [1.807, 2.05) is 6.92 Å². The molecule has 0 atom stereocenters. The van der Waals surface area contributed by atoms with Gasteiger partial charge in [0, 0.05) is 0 Å². The predicted octanol–water partition coefficient (Wildman–Crippen LogP) is 0.503. The second kappa shape index (κ2) is 10.7. The van der Waals surface area contributed by atoms with Crippen LogP contribution in [0.2, 0.25) is 0 Å². The van der Waals surface area contributed by atoms with E-state index in [-0.39, 0.29) is 11.5 Å². The summed E-state index contributed by atoms with van der Waals surface area (Å²) in [5.41, 5.74) is 0.956. The van der Waals surface area contributed by atoms with Gasteiger partial charge in [-0.05, 0) is 26.0 Å². The smallest absolute Gasteiger partial charge is 0.282 e. The molecule has 1 aromatic rings. The van der Waals surface area contributed by atoms with Crippen LogP contribution in [-0.2, 0) is 39.3 Å². The van der Waals surface area contributed by atoms with Crippen molar-refractivity contribution < 1.29 is 47.3 Å². The normalized spacial score (nSPS) is 11.6. The standard InChI is InChI=1S/C7H8O3S.C2H6O4S.CH4O4S/c1-6-2-4-7(5-3-6)11(8,9)10;1-2-6-7(3,4)5;1-5-6(2,3)4/h2-5H,1H3,(H,8,9,10);2H2,1H3,(H,3,4,5);1H3,(H,2,3,4). The zero-order valence-electron chi connectivity index (χ0n) is 12.8. The molecule has 0 bridgehead atoms. The van der Waals surface area contributed by atoms with Crippen molar-refractivity contribution in [2.75, 3.05) is 13.7 Å². The molecular formula is C10H18O11S3. The quantitative estimate of drug-likeness (QED) is 0.588. The Balaban J connectivity index is 0. The van der Waals surface area contributed by atoms with Gasteiger partial charge in [0.2, 0.25) is 0 Å². The van der Waals surface area contributed by atoms with Crippen molar-refractivity contribution in [3.05, 3.63) is 29.8 Å². The SMILES string of the molecule is CCOS(=O)(=O)O.COS(=O)(=O)O.Cc1ccc(S(=O)(=O)O)cc1. The van der Waals surface area contributed by atoms with Gasteiger partial charge in [0.15, 0.2) is 0 Å². The molecule has 0 aromatic heterocycles. The van der Waals surface area contributed by atoms with Crippen molar-refractivity contribution in [3.63, 3.8) is 0 Å². The van der Waals surface area contributed by atoms with Gasteiger partial charge < -0.3 is 0 Å². The number of benzene rings is 1. The minimum absolute atomic E-state index is 0.0289. The van der Waals surface area contributed by atoms with Crippen LogP contribution in [0.4, 0.5) is 0 Å². The van der Waals surface area contributed by atoms with Crippen LogP contribution in [0, 0.1) is 6.92 Å². The first kappa shape index (κ1) is 25.1. The molecule has 0 spiro atoms. The second-order valence-electron chi connectivity index (χ2n) is 3.72. The van der Waals surface area contributed by atoms with E-state index < -0.39 is 30.9 Å². The number of aryl methyl sites for hydroxylation is 1. The number of hydrogen-bond donors (Lipinski definition) is 3. The van der Waals surface area contributed by atoms with E-state index in [9.17, 15) is 25.3 Å². The highest BCUT2D eigenvalue weighted by atomic mass is 32.3. The third-order valence-electron chi connectivity index (χ3n) is 1.80. The summed E-state index contributed by atoms with van der Waals surface area (Å²) in [6.45, 7) is 3.28. The molecule has 0 aliphatic carbocycles. The van der Waals surface area contributed by atoms with Gasteiger partial charge in [-0.25, -0.2) is 4.18 Å². The molecule has 0 heterocycles. The van der Waals surface area contributed by atoms with Gasteiger partial charge in [0.05, 0.1) is 18.6 Å². The molecule has 0 saturated carbocycles. The topological polar surface area (TPSA) is 182 Å². The summed E-state index contributed by atoms with van der Waals surface area (Å²) in [5.74, 6) is 0. The van der Waals surface area contributed by atoms with Crippen molar-refractivity contribution in [3.8, 4) is 0 Å². The van der Waals surface area contributed by atoms with Crippen LogP contribution in [0.3, 0.4) is 0 Å². The van der Waals surface area contributed by atoms with Crippen molar-refractivity contribution in [2.45, 2.75) is 18.7 Å². The third kappa shape index (κ3) is 17.2. The van der Waals surface area contributed by atoms with Gasteiger partial charge in [-0.1, -0.05) is 17.7 Å². The lowest BCUT2D eigenvalue weighted by Gasteiger charge is -1.95. The first-order chi connectivity index (χ1) is 10.6. The number of hydrogen-bond acceptors (Lipinski definition) is 8. The highest BCUT2D eigenvalue weighted by Crippen LogP contribution is 2.08. The van der Waals surface area contributed by atoms with Gasteiger partial charge >= 0.3 is 20.8 Å². The van der Waals surface area contributed by atoms with Crippen molar-refractivity contribution >= 4 is 30.9 Å². The van der Waals surface area contributed by atoms with E-state index in [4.69, 9.17) is 13.7 Å². The Labute approximate surface area is 140 Å². The largest absolute Gasteiger partial charge is 0.397 e. The minimum atomic E-state index is -4.17. The third-order valence-corrected chi connectivity index (χ3v) is 3.62. The van der Waals surface area contributed by atoms with E-state index in [2.05, 4.69) is 8.37 Å². The van der Waals surface area contributed by atoms with E-state index in [1.165, 1.54) is 19.1 Å². The fourth-order valence-corrected chi connectivity index (χ4v) is 1.64. The molecule has 0 aliphatic heterocycles. The Morgan fingerprint density at radius 1 is 0.875 bits per heavy atom. The maximum atomic E-state index is 10.5. The first-order valence-corrected chi connectivity index (χ1v) is 9.98. The summed E-state index contributed by atoms with van der Waals surface area (Å²) >= 11 is 0. The number of rotatable bonds is 4. The van der Waals surface area contributed by atoms with Crippen molar-refractivity contribution in [1.29, 1.82) is 0 Å². The van der Waals surface area contributed by atoms with E-state index >= 15 is 0 Å². The molecule has 0 radical (unpaired) electrons. The zero-order chi connectivity index (χ0) is 19.6. The molecule has 0 amide bonds. The molecule has 0 unspecified atom stereocenters. The molecule has 14 heteroatoms. The molecule has 1 rings (SSSR count). The molecule has 24 heavy (non-hydrogen) atoms. The maximum Gasteiger partial charge on any atom is 0.397 e. The van der Waals surface area contributed by atoms with Crippen LogP contribution < -0.4 is 0 Å². The average Bonchev–Trinajstić information content (AvgIpc) is 2.37. The van der Waals surface area contributed by atoms with Crippen LogP contribution in [0.5, 0.6) is 0 Å². The van der Waals surface area contributed by atoms with Gasteiger partial charge in [0.25, 0.3) is 10.1 Å². The van der Waals surface area contributed by atoms with Gasteiger partial charge in [0.1, 0.15) is 0 Å². The van der Waals surface area contributed by atoms with E-state index in [0.717, 1.165) is 12.7 Å². The summed E-state index contributed by atoms with van der Waals surface area (Å²) in [6, 6.07) is 5.99. The molecule has 0 aliphatic rings. The molecule has 1 aromatic carbocycles. The molecule has 142 valence electrons. The monoisotopic (exact) mass is 410 g/mol. The lowest BCUT2D eigenvalue weighted by molar-refractivity contribution is 0.283. The molecule has 3 N–H and O–H groups in total. The van der Waals surface area contributed by atoms with Crippen LogP contribution in [0.1, 0.15) is 12.5 Å². The van der Waals surface area contributed by atoms with Gasteiger partial charge in [-0.15, -0.1) is 0 Å². The van der Waals surface area contributed by atoms with Crippen LogP contribution in [0.15, 0.2) is 29.2 Å². The van der Waals surface area contributed by atoms with Crippen molar-refractivity contribution in [2.24, 2.45) is 0 Å². The lowest BCUT2D eigenvalue weighted by Crippen LogP contribution is -2.01. The average molecular weight is 410 g/mol. The minimum Gasteiger partial charge on any atom is -0.282 e. The summed E-state index contributed by atoms with van der Waals surface area (Å²) in [4.78, 5) is -0.0666. The fourth-order valence-electron chi connectivity index (χ4n) is 0.859. The molecular weight excluding hydrogens is 392 g/mol. The van der Waals surface area contributed by atoms with Crippen LogP contribution in [0.25, 0.3) is 0 Å². The Kier molecular flexibility index (Phi) is 11.2. The maximum absolute atomic E-state index is 10.5. The Hall–Kier alpha value is -1.13. The zero-order valence-corrected chi connectivity index (χ0v) is 15.3. The van der Waals surface area contributed by atoms with Gasteiger partial charge in [-0.3, -0.25) is 17.8 Å². The molecule has 0 fully saturated rings. The Morgan fingerprint density at radius 2 is 1.25 bits per heavy atom. The summed E-state index contributed by atoms with van der Waals surface area (Å²) in [5, 5.41) is 0. The lowest BCUT2D eigenvalue weighted by atomic mass is 10.2. The second-order valence-corrected chi connectivity index (χ2v) is 7.42. The summed E-state index contributed by atoms with van der Waals surface area (Å²) in [6.07, 6.45) is 0. The summed E-state index contributed by atoms with van der Waals surface area (Å²) in [7, 11) is -11.5. The predicted molar refractivity (Wildman–Crippen MR) is 82.7 cm³/mol. The van der Waals surface area contributed by atoms with E-state index in [1.54, 1.807) is 12.1 Å². The first-order valence-electron chi connectivity index (χ1n) is 5.81. The molecule has 11 nitrogen and oxygen atoms in total. The van der Waals surface area contributed by atoms with Gasteiger partial charge in [-0.2, -0.15) is 25.3 Å². The van der Waals surface area contributed by atoms with Crippen LogP contribution in [-0.4, -0.2) is 52.6 Å². The highest BCUT2D eigenvalue weighted by molar-refractivity contribution is 7.85. The highest BCUT2D eigenvalue weighted by Gasteiger charge is 2.06. The molecule has 0 saturated heterocycles. The van der Waals surface area contributed by atoms with Crippen LogP contribution >= 0.6 is 0 Å². The van der Waals surface area contributed by atoms with Crippen molar-refractivity contribution in [1.82, 2.24) is 0 Å². The summed E-state index contributed by atoms with van der Waals surface area (Å²) < 4.78 is 89.9. The van der Waals surface area contributed by atoms with E-state index in [0.29, 0.717) is 0 Å².